The number of nitrogens with one attached hydrogen (secondary N) is 2. The molecule has 0 aliphatic rings. The van der Waals surface area contributed by atoms with Gasteiger partial charge < -0.3 is 10.6 Å². The highest BCUT2D eigenvalue weighted by molar-refractivity contribution is 5.95. The molecule has 0 spiro atoms. The molecule has 5 rings (SSSR count). The van der Waals surface area contributed by atoms with Crippen molar-refractivity contribution in [2.75, 3.05) is 18.5 Å². The lowest BCUT2D eigenvalue weighted by molar-refractivity contribution is -0.117. The first-order chi connectivity index (χ1) is 19.4. The molecule has 0 radical (unpaired) electrons. The molecule has 0 bridgehead atoms. The molecule has 9 heteroatoms. The minimum atomic E-state index is -0.613. The Bertz CT molecular complexity index is 1660. The number of hydrogen-bond donors (Lipinski definition) is 2. The van der Waals surface area contributed by atoms with Crippen molar-refractivity contribution in [3.05, 3.63) is 113 Å². The summed E-state index contributed by atoms with van der Waals surface area (Å²) in [7, 11) is 0. The van der Waals surface area contributed by atoms with Crippen molar-refractivity contribution in [2.45, 2.75) is 19.8 Å². The summed E-state index contributed by atoms with van der Waals surface area (Å²) in [5.41, 5.74) is 6.30. The third kappa shape index (κ3) is 6.37. The van der Waals surface area contributed by atoms with Crippen molar-refractivity contribution >= 4 is 29.0 Å². The van der Waals surface area contributed by atoms with Crippen LogP contribution in [0.2, 0.25) is 0 Å². The first kappa shape index (κ1) is 26.7. The van der Waals surface area contributed by atoms with Crippen LogP contribution in [0.4, 0.5) is 20.4 Å². The molecule has 2 aromatic heterocycles. The van der Waals surface area contributed by atoms with Gasteiger partial charge in [-0.15, -0.1) is 5.10 Å². The molecule has 7 nitrogen and oxygen atoms in total. The summed E-state index contributed by atoms with van der Waals surface area (Å²) >= 11 is 0. The zero-order chi connectivity index (χ0) is 28.1. The van der Waals surface area contributed by atoms with E-state index in [-0.39, 0.29) is 30.5 Å². The van der Waals surface area contributed by atoms with Crippen LogP contribution in [0.15, 0.2) is 85.1 Å². The number of pyridine rings is 1. The Hall–Kier alpha value is -4.92. The highest BCUT2D eigenvalue weighted by atomic mass is 19.1. The van der Waals surface area contributed by atoms with E-state index in [9.17, 15) is 18.4 Å². The number of Topliss-reactive ketones (excluding diaryl/α,β-unsaturated/α-hetero) is 1. The van der Waals surface area contributed by atoms with Crippen molar-refractivity contribution in [1.29, 1.82) is 0 Å². The summed E-state index contributed by atoms with van der Waals surface area (Å²) in [5.74, 6) is -0.170. The molecule has 40 heavy (non-hydrogen) atoms. The third-order valence-electron chi connectivity index (χ3n) is 6.45. The van der Waals surface area contributed by atoms with Gasteiger partial charge in [0.25, 0.3) is 5.91 Å². The summed E-state index contributed by atoms with van der Waals surface area (Å²) in [6.45, 7) is 1.23. The largest absolute Gasteiger partial charge is 0.349 e. The average Bonchev–Trinajstić information content (AvgIpc) is 3.36. The van der Waals surface area contributed by atoms with Crippen LogP contribution in [0, 0.1) is 12.7 Å². The van der Waals surface area contributed by atoms with Crippen LogP contribution in [0.25, 0.3) is 16.8 Å². The van der Waals surface area contributed by atoms with Gasteiger partial charge in [0, 0.05) is 42.4 Å². The molecule has 2 heterocycles. The van der Waals surface area contributed by atoms with Gasteiger partial charge in [-0.05, 0) is 71.6 Å². The lowest BCUT2D eigenvalue weighted by atomic mass is 10.0. The topological polar surface area (TPSA) is 88.4 Å². The molecule has 0 atom stereocenters. The van der Waals surface area contributed by atoms with Crippen molar-refractivity contribution in [3.63, 3.8) is 0 Å². The number of benzene rings is 3. The van der Waals surface area contributed by atoms with Crippen LogP contribution in [-0.2, 0) is 17.6 Å². The van der Waals surface area contributed by atoms with Gasteiger partial charge in [0.1, 0.15) is 18.3 Å². The maximum atomic E-state index is 13.1. The second-order valence-corrected chi connectivity index (χ2v) is 9.47. The first-order valence-electron chi connectivity index (χ1n) is 12.8. The summed E-state index contributed by atoms with van der Waals surface area (Å²) < 4.78 is 27.1. The number of anilines is 2. The number of carbonyl (C=O) groups excluding carboxylic acids is 2. The number of aryl methyl sites for hydroxylation is 1. The molecule has 0 aliphatic carbocycles. The van der Waals surface area contributed by atoms with Crippen LogP contribution in [0.1, 0.15) is 27.0 Å². The maximum Gasteiger partial charge on any atom is 0.251 e. The Kier molecular flexibility index (Phi) is 7.91. The van der Waals surface area contributed by atoms with Gasteiger partial charge in [-0.25, -0.2) is 13.3 Å². The number of hydrogen-bond acceptors (Lipinski definition) is 5. The molecule has 2 N–H and O–H groups in total. The van der Waals surface area contributed by atoms with E-state index in [4.69, 9.17) is 0 Å². The van der Waals surface area contributed by atoms with Gasteiger partial charge in [0.2, 0.25) is 5.95 Å². The molecule has 5 aromatic rings. The lowest BCUT2D eigenvalue weighted by Gasteiger charge is -2.09. The normalized spacial score (nSPS) is 11.0. The van der Waals surface area contributed by atoms with E-state index in [0.29, 0.717) is 23.6 Å². The second-order valence-electron chi connectivity index (χ2n) is 9.47. The van der Waals surface area contributed by atoms with E-state index < -0.39 is 6.67 Å². The Morgan fingerprint density at radius 3 is 2.23 bits per heavy atom. The van der Waals surface area contributed by atoms with Crippen LogP contribution in [-0.4, -0.2) is 39.5 Å². The number of fused-ring (bicyclic) bond motifs is 1. The van der Waals surface area contributed by atoms with Crippen molar-refractivity contribution in [3.8, 4) is 11.1 Å². The maximum absolute atomic E-state index is 13.1. The van der Waals surface area contributed by atoms with E-state index in [1.807, 2.05) is 49.5 Å². The highest BCUT2D eigenvalue weighted by Gasteiger charge is 2.11. The van der Waals surface area contributed by atoms with Crippen LogP contribution in [0.3, 0.4) is 0 Å². The minimum Gasteiger partial charge on any atom is -0.349 e. The number of nitrogens with zero attached hydrogens (tertiary/aromatic N) is 3. The van der Waals surface area contributed by atoms with Crippen molar-refractivity contribution in [1.82, 2.24) is 19.9 Å². The van der Waals surface area contributed by atoms with Gasteiger partial charge in [0.05, 0.1) is 0 Å². The Morgan fingerprint density at radius 2 is 1.55 bits per heavy atom. The third-order valence-corrected chi connectivity index (χ3v) is 6.45. The molecule has 0 unspecified atom stereocenters. The average molecular weight is 540 g/mol. The summed E-state index contributed by atoms with van der Waals surface area (Å²) in [6.07, 6.45) is 2.45. The molecule has 0 fully saturated rings. The highest BCUT2D eigenvalue weighted by Crippen LogP contribution is 2.23. The number of alkyl halides is 1. The Balaban J connectivity index is 1.25. The van der Waals surface area contributed by atoms with E-state index in [0.717, 1.165) is 33.5 Å². The van der Waals surface area contributed by atoms with E-state index in [2.05, 4.69) is 20.7 Å². The monoisotopic (exact) mass is 539 g/mol. The zero-order valence-corrected chi connectivity index (χ0v) is 21.8. The number of rotatable bonds is 10. The molecule has 0 saturated carbocycles. The van der Waals surface area contributed by atoms with Gasteiger partial charge in [-0.3, -0.25) is 9.59 Å². The molecular weight excluding hydrogens is 512 g/mol. The van der Waals surface area contributed by atoms with Crippen molar-refractivity contribution in [2.24, 2.45) is 0 Å². The molecule has 1 amide bonds. The predicted molar refractivity (Wildman–Crippen MR) is 150 cm³/mol. The fourth-order valence-electron chi connectivity index (χ4n) is 4.37. The Morgan fingerprint density at radius 1 is 0.875 bits per heavy atom. The predicted octanol–water partition coefficient (Wildman–Crippen LogP) is 5.64. The second kappa shape index (κ2) is 11.9. The number of halogens is 2. The van der Waals surface area contributed by atoms with Crippen LogP contribution >= 0.6 is 0 Å². The quantitative estimate of drug-likeness (QED) is 0.240. The number of aromatic nitrogens is 3. The molecule has 0 aliphatic heterocycles. The number of carbonyl (C=O) groups is 2. The van der Waals surface area contributed by atoms with Crippen LogP contribution < -0.4 is 10.6 Å². The van der Waals surface area contributed by atoms with Gasteiger partial charge in [-0.2, -0.15) is 4.98 Å². The summed E-state index contributed by atoms with van der Waals surface area (Å²) in [5, 5.41) is 10.2. The molecule has 3 aromatic carbocycles. The van der Waals surface area contributed by atoms with Crippen LogP contribution in [0.5, 0.6) is 0 Å². The van der Waals surface area contributed by atoms with Crippen molar-refractivity contribution < 1.29 is 18.4 Å². The standard InChI is InChI=1S/C31H27F2N5O2/c1-20-16-24(30(40)34-15-14-32)8-12-28(20)35-31-36-29-13-9-25(19-38(29)37-31)23-6-2-21(3-7-23)17-27(39)18-22-4-10-26(33)11-5-22/h2-13,16,19H,14-15,17-18H2,1H3,(H,34,40)(H,35,37). The Labute approximate surface area is 229 Å². The molecule has 202 valence electrons. The first-order valence-corrected chi connectivity index (χ1v) is 12.8. The SMILES string of the molecule is Cc1cc(C(=O)NCCF)ccc1Nc1nc2ccc(-c3ccc(CC(=O)Cc4ccc(F)cc4)cc3)cn2n1. The van der Waals surface area contributed by atoms with Gasteiger partial charge >= 0.3 is 0 Å². The van der Waals surface area contributed by atoms with E-state index >= 15 is 0 Å². The van der Waals surface area contributed by atoms with Gasteiger partial charge in [0.15, 0.2) is 5.65 Å². The number of amides is 1. The summed E-state index contributed by atoms with van der Waals surface area (Å²) in [6, 6.07) is 22.8. The van der Waals surface area contributed by atoms with Gasteiger partial charge in [-0.1, -0.05) is 36.4 Å². The van der Waals surface area contributed by atoms with E-state index in [1.165, 1.54) is 12.1 Å². The van der Waals surface area contributed by atoms with E-state index in [1.54, 1.807) is 34.8 Å². The fraction of sp³-hybridized carbons (Fsp3) is 0.161. The number of ketones is 1. The smallest absolute Gasteiger partial charge is 0.251 e. The lowest BCUT2D eigenvalue weighted by Crippen LogP contribution is -2.25. The zero-order valence-electron chi connectivity index (χ0n) is 21.8. The fourth-order valence-corrected chi connectivity index (χ4v) is 4.37. The minimum absolute atomic E-state index is 0.0201. The molecule has 0 saturated heterocycles. The summed E-state index contributed by atoms with van der Waals surface area (Å²) in [4.78, 5) is 29.1. The molecular formula is C31H27F2N5O2.